The molecule has 0 saturated carbocycles. The Morgan fingerprint density at radius 2 is 2.08 bits per heavy atom. The van der Waals surface area contributed by atoms with E-state index >= 15 is 0 Å². The molecule has 0 radical (unpaired) electrons. The van der Waals surface area contributed by atoms with Gasteiger partial charge in [-0.05, 0) is 24.7 Å². The van der Waals surface area contributed by atoms with Crippen LogP contribution in [0.15, 0.2) is 0 Å². The predicted octanol–water partition coefficient (Wildman–Crippen LogP) is 2.59. The number of unbranched alkanes of at least 4 members (excludes halogenated alkanes) is 1. The van der Waals surface area contributed by atoms with E-state index in [1.54, 1.807) is 0 Å². The highest BCUT2D eigenvalue weighted by molar-refractivity contribution is 4.84. The van der Waals surface area contributed by atoms with Crippen LogP contribution in [0.1, 0.15) is 46.5 Å². The van der Waals surface area contributed by atoms with E-state index in [9.17, 15) is 5.11 Å². The fourth-order valence-corrected chi connectivity index (χ4v) is 1.02. The Morgan fingerprint density at radius 3 is 2.50 bits per heavy atom. The molecular weight excluding hydrogens is 148 g/mol. The number of terminal acetylenes is 1. The number of rotatable bonds is 5. The minimum absolute atomic E-state index is 0.0363. The Kier molecular flexibility index (Phi) is 5.01. The van der Waals surface area contributed by atoms with Gasteiger partial charge in [-0.25, -0.2) is 0 Å². The summed E-state index contributed by atoms with van der Waals surface area (Å²) in [5.41, 5.74) is 0.0363. The van der Waals surface area contributed by atoms with Gasteiger partial charge < -0.3 is 5.11 Å². The van der Waals surface area contributed by atoms with Gasteiger partial charge in [0.25, 0.3) is 0 Å². The van der Waals surface area contributed by atoms with E-state index in [1.165, 1.54) is 0 Å². The molecule has 0 aromatic rings. The summed E-state index contributed by atoms with van der Waals surface area (Å²) in [7, 11) is 0. The van der Waals surface area contributed by atoms with Crippen LogP contribution < -0.4 is 0 Å². The van der Waals surface area contributed by atoms with E-state index in [0.29, 0.717) is 0 Å². The lowest BCUT2D eigenvalue weighted by atomic mass is 9.81. The van der Waals surface area contributed by atoms with Gasteiger partial charge in [0.05, 0.1) is 6.10 Å². The van der Waals surface area contributed by atoms with Crippen molar-refractivity contribution in [3.05, 3.63) is 0 Å². The van der Waals surface area contributed by atoms with Crippen LogP contribution in [0.2, 0.25) is 0 Å². The molecule has 12 heavy (non-hydrogen) atoms. The summed E-state index contributed by atoms with van der Waals surface area (Å²) >= 11 is 0. The largest absolute Gasteiger partial charge is 0.393 e. The summed E-state index contributed by atoms with van der Waals surface area (Å²) < 4.78 is 0. The molecule has 1 atom stereocenters. The molecule has 1 unspecified atom stereocenters. The zero-order chi connectivity index (χ0) is 9.61. The van der Waals surface area contributed by atoms with E-state index in [4.69, 9.17) is 6.42 Å². The Hall–Kier alpha value is -0.480. The molecule has 70 valence electrons. The van der Waals surface area contributed by atoms with Crippen molar-refractivity contribution in [2.75, 3.05) is 0 Å². The summed E-state index contributed by atoms with van der Waals surface area (Å²) in [6.45, 7) is 6.28. The highest BCUT2D eigenvalue weighted by Gasteiger charge is 2.24. The van der Waals surface area contributed by atoms with Gasteiger partial charge in [-0.1, -0.05) is 20.8 Å². The second-order valence-corrected chi connectivity index (χ2v) is 3.95. The Labute approximate surface area is 76.2 Å². The Morgan fingerprint density at radius 1 is 1.50 bits per heavy atom. The lowest BCUT2D eigenvalue weighted by Gasteiger charge is -2.29. The van der Waals surface area contributed by atoms with E-state index in [1.807, 2.05) is 0 Å². The average molecular weight is 168 g/mol. The number of hydrogen-bond acceptors (Lipinski definition) is 1. The molecule has 1 N–H and O–H groups in total. The summed E-state index contributed by atoms with van der Waals surface area (Å²) in [6, 6.07) is 0. The smallest absolute Gasteiger partial charge is 0.0591 e. The molecule has 0 aliphatic heterocycles. The monoisotopic (exact) mass is 168 g/mol. The van der Waals surface area contributed by atoms with Gasteiger partial charge in [0.15, 0.2) is 0 Å². The molecule has 0 amide bonds. The number of aliphatic hydroxyl groups excluding tert-OH is 1. The summed E-state index contributed by atoms with van der Waals surface area (Å²) in [4.78, 5) is 0. The maximum atomic E-state index is 9.73. The maximum Gasteiger partial charge on any atom is 0.0591 e. The molecule has 0 aliphatic rings. The summed E-state index contributed by atoms with van der Waals surface area (Å²) in [6.07, 6.45) is 8.45. The lowest BCUT2D eigenvalue weighted by molar-refractivity contribution is 0.0393. The van der Waals surface area contributed by atoms with Crippen molar-refractivity contribution in [2.24, 2.45) is 5.41 Å². The van der Waals surface area contributed by atoms with Crippen molar-refractivity contribution in [1.82, 2.24) is 0 Å². The van der Waals surface area contributed by atoms with Crippen LogP contribution in [0.4, 0.5) is 0 Å². The third-order valence-electron chi connectivity index (χ3n) is 2.61. The van der Waals surface area contributed by atoms with Crippen molar-refractivity contribution < 1.29 is 5.11 Å². The molecule has 0 aromatic heterocycles. The van der Waals surface area contributed by atoms with Crippen LogP contribution in [-0.2, 0) is 0 Å². The predicted molar refractivity (Wildman–Crippen MR) is 52.8 cm³/mol. The highest BCUT2D eigenvalue weighted by Crippen LogP contribution is 2.27. The maximum absolute atomic E-state index is 9.73. The normalized spacial score (nSPS) is 13.9. The molecule has 0 saturated heterocycles. The van der Waals surface area contributed by atoms with Crippen LogP contribution in [-0.4, -0.2) is 11.2 Å². The van der Waals surface area contributed by atoms with E-state index < -0.39 is 0 Å². The highest BCUT2D eigenvalue weighted by atomic mass is 16.3. The minimum atomic E-state index is -0.212. The van der Waals surface area contributed by atoms with Gasteiger partial charge in [-0.15, -0.1) is 12.3 Å². The third-order valence-corrected chi connectivity index (χ3v) is 2.61. The molecule has 0 spiro atoms. The topological polar surface area (TPSA) is 20.2 Å². The van der Waals surface area contributed by atoms with Gasteiger partial charge in [0.2, 0.25) is 0 Å². The van der Waals surface area contributed by atoms with Crippen LogP contribution >= 0.6 is 0 Å². The Balaban J connectivity index is 3.72. The molecule has 0 bridgehead atoms. The van der Waals surface area contributed by atoms with Crippen molar-refractivity contribution >= 4 is 0 Å². The number of hydrogen-bond donors (Lipinski definition) is 1. The quantitative estimate of drug-likeness (QED) is 0.494. The molecule has 0 aromatic carbocycles. The zero-order valence-electron chi connectivity index (χ0n) is 8.43. The van der Waals surface area contributed by atoms with Gasteiger partial charge in [0.1, 0.15) is 0 Å². The SMILES string of the molecule is C#CCCCC(O)C(C)(C)CC. The fraction of sp³-hybridized carbons (Fsp3) is 0.818. The molecule has 0 fully saturated rings. The van der Waals surface area contributed by atoms with Crippen molar-refractivity contribution in [2.45, 2.75) is 52.6 Å². The van der Waals surface area contributed by atoms with E-state index in [2.05, 4.69) is 26.7 Å². The third kappa shape index (κ3) is 3.78. The molecule has 0 rings (SSSR count). The first-order valence-corrected chi connectivity index (χ1v) is 4.66. The van der Waals surface area contributed by atoms with E-state index in [0.717, 1.165) is 25.7 Å². The molecule has 0 aliphatic carbocycles. The van der Waals surface area contributed by atoms with Crippen molar-refractivity contribution in [1.29, 1.82) is 0 Å². The fourth-order valence-electron chi connectivity index (χ4n) is 1.02. The van der Waals surface area contributed by atoms with Crippen LogP contribution in [0.5, 0.6) is 0 Å². The molecule has 1 nitrogen and oxygen atoms in total. The van der Waals surface area contributed by atoms with Gasteiger partial charge in [-0.3, -0.25) is 0 Å². The standard InChI is InChI=1S/C11H20O/c1-5-7-8-9-10(12)11(3,4)6-2/h1,10,12H,6-9H2,2-4H3. The van der Waals surface area contributed by atoms with E-state index in [-0.39, 0.29) is 11.5 Å². The lowest BCUT2D eigenvalue weighted by Crippen LogP contribution is -2.28. The minimum Gasteiger partial charge on any atom is -0.393 e. The molecule has 0 heterocycles. The van der Waals surface area contributed by atoms with Crippen molar-refractivity contribution in [3.8, 4) is 12.3 Å². The van der Waals surface area contributed by atoms with Crippen LogP contribution in [0.3, 0.4) is 0 Å². The summed E-state index contributed by atoms with van der Waals surface area (Å²) in [5, 5.41) is 9.73. The van der Waals surface area contributed by atoms with Gasteiger partial charge >= 0.3 is 0 Å². The second kappa shape index (κ2) is 5.22. The average Bonchev–Trinajstić information content (AvgIpc) is 2.05. The first-order chi connectivity index (χ1) is 5.54. The van der Waals surface area contributed by atoms with Crippen molar-refractivity contribution in [3.63, 3.8) is 0 Å². The molecule has 1 heteroatoms. The first-order valence-electron chi connectivity index (χ1n) is 4.66. The number of aliphatic hydroxyl groups is 1. The molecular formula is C11H20O. The summed E-state index contributed by atoms with van der Waals surface area (Å²) in [5.74, 6) is 2.58. The van der Waals surface area contributed by atoms with Crippen LogP contribution in [0.25, 0.3) is 0 Å². The second-order valence-electron chi connectivity index (χ2n) is 3.95. The first kappa shape index (κ1) is 11.5. The zero-order valence-corrected chi connectivity index (χ0v) is 8.43. The van der Waals surface area contributed by atoms with Gasteiger partial charge in [-0.2, -0.15) is 0 Å². The Bertz CT molecular complexity index is 153. The van der Waals surface area contributed by atoms with Gasteiger partial charge in [0, 0.05) is 6.42 Å². The van der Waals surface area contributed by atoms with Crippen LogP contribution in [0, 0.1) is 17.8 Å².